The first-order valence-corrected chi connectivity index (χ1v) is 4.15. The molecule has 0 unspecified atom stereocenters. The number of fused-ring (bicyclic) bond motifs is 1. The number of hydrogen-bond acceptors (Lipinski definition) is 2. The van der Waals surface area contributed by atoms with Gasteiger partial charge in [0.05, 0.1) is 5.69 Å². The van der Waals surface area contributed by atoms with E-state index in [0.29, 0.717) is 11.0 Å². The molecule has 0 fully saturated rings. The number of halogens is 2. The van der Waals surface area contributed by atoms with Gasteiger partial charge in [0.15, 0.2) is 5.76 Å². The topological polar surface area (TPSA) is 39.2 Å². The number of nitrogens with two attached hydrogens (primary N) is 1. The van der Waals surface area contributed by atoms with E-state index in [2.05, 4.69) is 0 Å². The largest absolute Gasteiger partial charge is 0.452 e. The van der Waals surface area contributed by atoms with Crippen LogP contribution in [0, 0.1) is 0 Å². The molecule has 4 heteroatoms. The molecule has 0 bridgehead atoms. The summed E-state index contributed by atoms with van der Waals surface area (Å²) in [6.45, 7) is 0.765. The van der Waals surface area contributed by atoms with Crippen LogP contribution in [0.4, 0.5) is 14.5 Å². The predicted octanol–water partition coefficient (Wildman–Crippen LogP) is 3.13. The first-order valence-electron chi connectivity index (χ1n) is 4.15. The number of rotatable bonds is 1. The lowest BCUT2D eigenvalue weighted by Crippen LogP contribution is -2.07. The molecule has 2 nitrogen and oxygen atoms in total. The molecule has 0 aliphatic rings. The molecule has 14 heavy (non-hydrogen) atoms. The van der Waals surface area contributed by atoms with E-state index < -0.39 is 11.7 Å². The summed E-state index contributed by atoms with van der Waals surface area (Å²) >= 11 is 0. The molecule has 74 valence electrons. The molecular formula is C10H9F2NO. The van der Waals surface area contributed by atoms with Gasteiger partial charge in [-0.2, -0.15) is 8.78 Å². The second-order valence-electron chi connectivity index (χ2n) is 3.23. The van der Waals surface area contributed by atoms with E-state index in [0.717, 1.165) is 6.92 Å². The van der Waals surface area contributed by atoms with Crippen LogP contribution in [0.1, 0.15) is 12.7 Å². The molecule has 0 saturated heterocycles. The Morgan fingerprint density at radius 3 is 2.50 bits per heavy atom. The van der Waals surface area contributed by atoms with Gasteiger partial charge in [-0.25, -0.2) is 0 Å². The smallest absolute Gasteiger partial charge is 0.304 e. The Hall–Kier alpha value is -1.58. The van der Waals surface area contributed by atoms with Crippen LogP contribution in [-0.2, 0) is 5.92 Å². The van der Waals surface area contributed by atoms with E-state index in [1.165, 1.54) is 0 Å². The lowest BCUT2D eigenvalue weighted by atomic mass is 10.2. The van der Waals surface area contributed by atoms with Gasteiger partial charge in [0.2, 0.25) is 0 Å². The van der Waals surface area contributed by atoms with Crippen molar-refractivity contribution in [3.05, 3.63) is 30.0 Å². The zero-order chi connectivity index (χ0) is 10.3. The molecule has 1 heterocycles. The normalized spacial score (nSPS) is 12.2. The maximum Gasteiger partial charge on any atom is 0.304 e. The SMILES string of the molecule is CC(F)(F)c1oc2ccccc2c1N. The van der Waals surface area contributed by atoms with Crippen molar-refractivity contribution < 1.29 is 13.2 Å². The van der Waals surface area contributed by atoms with Gasteiger partial charge in [0.1, 0.15) is 5.58 Å². The number of alkyl halides is 2. The lowest BCUT2D eigenvalue weighted by molar-refractivity contribution is -0.00283. The third kappa shape index (κ3) is 1.23. The molecular weight excluding hydrogens is 188 g/mol. The van der Waals surface area contributed by atoms with E-state index in [1.807, 2.05) is 0 Å². The van der Waals surface area contributed by atoms with Gasteiger partial charge in [-0.05, 0) is 12.1 Å². The second-order valence-corrected chi connectivity index (χ2v) is 3.23. The van der Waals surface area contributed by atoms with E-state index in [4.69, 9.17) is 10.2 Å². The Morgan fingerprint density at radius 1 is 1.29 bits per heavy atom. The summed E-state index contributed by atoms with van der Waals surface area (Å²) in [5.74, 6) is -3.50. The molecule has 2 N–H and O–H groups in total. The summed E-state index contributed by atoms with van der Waals surface area (Å²) in [6, 6.07) is 6.71. The van der Waals surface area contributed by atoms with Crippen LogP contribution in [0.25, 0.3) is 11.0 Å². The molecule has 0 radical (unpaired) electrons. The van der Waals surface area contributed by atoms with E-state index in [-0.39, 0.29) is 5.69 Å². The minimum atomic E-state index is -3.04. The second kappa shape index (κ2) is 2.70. The summed E-state index contributed by atoms with van der Waals surface area (Å²) in [7, 11) is 0. The zero-order valence-corrected chi connectivity index (χ0v) is 7.55. The van der Waals surface area contributed by atoms with Gasteiger partial charge < -0.3 is 10.2 Å². The Kier molecular flexibility index (Phi) is 1.74. The average Bonchev–Trinajstić information content (AvgIpc) is 2.44. The molecule has 0 atom stereocenters. The number of furan rings is 1. The van der Waals surface area contributed by atoms with Crippen molar-refractivity contribution in [1.29, 1.82) is 0 Å². The summed E-state index contributed by atoms with van der Waals surface area (Å²) < 4.78 is 30.9. The summed E-state index contributed by atoms with van der Waals surface area (Å²) in [6.07, 6.45) is 0. The number of para-hydroxylation sites is 1. The highest BCUT2D eigenvalue weighted by Gasteiger charge is 2.32. The van der Waals surface area contributed by atoms with Crippen molar-refractivity contribution in [1.82, 2.24) is 0 Å². The van der Waals surface area contributed by atoms with Crippen molar-refractivity contribution in [2.75, 3.05) is 5.73 Å². The Bertz CT molecular complexity index is 470. The monoisotopic (exact) mass is 197 g/mol. The maximum absolute atomic E-state index is 13.0. The molecule has 1 aromatic carbocycles. The Balaban J connectivity index is 2.75. The highest BCUT2D eigenvalue weighted by atomic mass is 19.3. The van der Waals surface area contributed by atoms with Crippen LogP contribution in [0.15, 0.2) is 28.7 Å². The van der Waals surface area contributed by atoms with Gasteiger partial charge in [-0.3, -0.25) is 0 Å². The summed E-state index contributed by atoms with van der Waals surface area (Å²) in [5, 5.41) is 0.532. The third-order valence-electron chi connectivity index (χ3n) is 2.03. The molecule has 0 amide bonds. The Morgan fingerprint density at radius 2 is 1.93 bits per heavy atom. The van der Waals surface area contributed by atoms with Gasteiger partial charge in [-0.1, -0.05) is 12.1 Å². The van der Waals surface area contributed by atoms with Crippen LogP contribution in [0.3, 0.4) is 0 Å². The van der Waals surface area contributed by atoms with E-state index >= 15 is 0 Å². The molecule has 0 spiro atoms. The van der Waals surface area contributed by atoms with Crippen LogP contribution in [0.5, 0.6) is 0 Å². The van der Waals surface area contributed by atoms with E-state index in [9.17, 15) is 8.78 Å². The lowest BCUT2D eigenvalue weighted by Gasteiger charge is -2.06. The quantitative estimate of drug-likeness (QED) is 0.762. The summed E-state index contributed by atoms with van der Waals surface area (Å²) in [5.41, 5.74) is 5.96. The van der Waals surface area contributed by atoms with Crippen molar-refractivity contribution >= 4 is 16.7 Å². The molecule has 0 aliphatic carbocycles. The first-order chi connectivity index (χ1) is 6.50. The fraction of sp³-hybridized carbons (Fsp3) is 0.200. The van der Waals surface area contributed by atoms with Crippen molar-refractivity contribution in [3.8, 4) is 0 Å². The standard InChI is InChI=1S/C10H9F2NO/c1-10(11,12)9-8(13)6-4-2-3-5-7(6)14-9/h2-5H,13H2,1H3. The zero-order valence-electron chi connectivity index (χ0n) is 7.55. The maximum atomic E-state index is 13.0. The fourth-order valence-electron chi connectivity index (χ4n) is 1.39. The summed E-state index contributed by atoms with van der Waals surface area (Å²) in [4.78, 5) is 0. The molecule has 1 aromatic heterocycles. The molecule has 0 saturated carbocycles. The molecule has 2 rings (SSSR count). The van der Waals surface area contributed by atoms with Gasteiger partial charge in [0.25, 0.3) is 0 Å². The number of anilines is 1. The highest BCUT2D eigenvalue weighted by molar-refractivity contribution is 5.91. The minimum Gasteiger partial charge on any atom is -0.452 e. The van der Waals surface area contributed by atoms with Gasteiger partial charge in [-0.15, -0.1) is 0 Å². The fourth-order valence-corrected chi connectivity index (χ4v) is 1.39. The number of benzene rings is 1. The third-order valence-corrected chi connectivity index (χ3v) is 2.03. The Labute approximate surface area is 79.3 Å². The van der Waals surface area contributed by atoms with Crippen LogP contribution < -0.4 is 5.73 Å². The van der Waals surface area contributed by atoms with Gasteiger partial charge >= 0.3 is 5.92 Å². The van der Waals surface area contributed by atoms with E-state index in [1.54, 1.807) is 24.3 Å². The highest BCUT2D eigenvalue weighted by Crippen LogP contribution is 2.38. The minimum absolute atomic E-state index is 0.0214. The molecule has 0 aliphatic heterocycles. The van der Waals surface area contributed by atoms with Crippen molar-refractivity contribution in [3.63, 3.8) is 0 Å². The first kappa shape index (κ1) is 8.99. The average molecular weight is 197 g/mol. The number of hydrogen-bond donors (Lipinski definition) is 1. The van der Waals surface area contributed by atoms with Crippen LogP contribution >= 0.6 is 0 Å². The van der Waals surface area contributed by atoms with Crippen molar-refractivity contribution in [2.24, 2.45) is 0 Å². The predicted molar refractivity (Wildman–Crippen MR) is 50.2 cm³/mol. The number of nitrogen functional groups attached to an aromatic ring is 1. The van der Waals surface area contributed by atoms with Gasteiger partial charge in [0, 0.05) is 12.3 Å². The van der Waals surface area contributed by atoms with Crippen molar-refractivity contribution in [2.45, 2.75) is 12.8 Å². The van der Waals surface area contributed by atoms with Crippen LogP contribution in [-0.4, -0.2) is 0 Å². The molecule has 2 aromatic rings. The van der Waals surface area contributed by atoms with Crippen LogP contribution in [0.2, 0.25) is 0 Å².